The molecule has 5 heteroatoms. The Morgan fingerprint density at radius 3 is 1.66 bits per heavy atom. The quantitative estimate of drug-likeness (QED) is 0.187. The standard InChI is InChI=1S/C45H27N3O2/c1-3-10-28(11-4-1)30-18-20-31(21-19-30)43-46-44(33-22-24-35-34-14-7-8-17-39(34)49-41(35)27-33)48-45(47-43)37-16-9-15-36-38-26-32(29-12-5-2-6-13-29)23-25-40(38)50-42(36)37/h1-27H. The molecule has 0 saturated heterocycles. The number of benzene rings is 7. The lowest BCUT2D eigenvalue weighted by Crippen LogP contribution is -2.00. The summed E-state index contributed by atoms with van der Waals surface area (Å²) in [7, 11) is 0. The Morgan fingerprint density at radius 1 is 0.300 bits per heavy atom. The largest absolute Gasteiger partial charge is 0.456 e. The topological polar surface area (TPSA) is 65.0 Å². The van der Waals surface area contributed by atoms with Gasteiger partial charge in [0.15, 0.2) is 17.5 Å². The molecular weight excluding hydrogens is 615 g/mol. The minimum Gasteiger partial charge on any atom is -0.456 e. The monoisotopic (exact) mass is 641 g/mol. The summed E-state index contributed by atoms with van der Waals surface area (Å²) in [5.41, 5.74) is 10.3. The molecule has 50 heavy (non-hydrogen) atoms. The van der Waals surface area contributed by atoms with Gasteiger partial charge in [0.25, 0.3) is 0 Å². The van der Waals surface area contributed by atoms with Gasteiger partial charge in [-0.25, -0.2) is 15.0 Å². The van der Waals surface area contributed by atoms with Crippen LogP contribution in [0.2, 0.25) is 0 Å². The van der Waals surface area contributed by atoms with Crippen LogP contribution in [-0.4, -0.2) is 15.0 Å². The molecule has 3 heterocycles. The van der Waals surface area contributed by atoms with Crippen molar-refractivity contribution in [3.05, 3.63) is 164 Å². The summed E-state index contributed by atoms with van der Waals surface area (Å²) >= 11 is 0. The molecular formula is C45H27N3O2. The maximum Gasteiger partial charge on any atom is 0.167 e. The molecule has 3 aromatic heterocycles. The van der Waals surface area contributed by atoms with Crippen LogP contribution in [0.1, 0.15) is 0 Å². The zero-order chi connectivity index (χ0) is 33.0. The smallest absolute Gasteiger partial charge is 0.167 e. The molecule has 0 fully saturated rings. The molecule has 0 unspecified atom stereocenters. The molecule has 0 amide bonds. The van der Waals surface area contributed by atoms with Crippen LogP contribution in [0.15, 0.2) is 173 Å². The van der Waals surface area contributed by atoms with Crippen molar-refractivity contribution in [2.45, 2.75) is 0 Å². The van der Waals surface area contributed by atoms with Crippen LogP contribution in [0.5, 0.6) is 0 Å². The van der Waals surface area contributed by atoms with E-state index in [0.29, 0.717) is 17.5 Å². The second-order valence-electron chi connectivity index (χ2n) is 12.4. The molecule has 0 spiro atoms. The second kappa shape index (κ2) is 11.4. The van der Waals surface area contributed by atoms with Gasteiger partial charge in [-0.05, 0) is 58.7 Å². The van der Waals surface area contributed by atoms with Crippen molar-refractivity contribution < 1.29 is 8.83 Å². The first kappa shape index (κ1) is 28.2. The van der Waals surface area contributed by atoms with Gasteiger partial charge in [0, 0.05) is 32.7 Å². The average Bonchev–Trinajstić information content (AvgIpc) is 3.76. The third kappa shape index (κ3) is 4.75. The molecule has 0 aliphatic heterocycles. The summed E-state index contributed by atoms with van der Waals surface area (Å²) in [6, 6.07) is 55.8. The molecule has 234 valence electrons. The molecule has 0 N–H and O–H groups in total. The van der Waals surface area contributed by atoms with Crippen LogP contribution < -0.4 is 0 Å². The second-order valence-corrected chi connectivity index (χ2v) is 12.4. The molecule has 0 radical (unpaired) electrons. The van der Waals surface area contributed by atoms with E-state index in [9.17, 15) is 0 Å². The highest BCUT2D eigenvalue weighted by molar-refractivity contribution is 6.10. The number of hydrogen-bond acceptors (Lipinski definition) is 5. The molecule has 0 bridgehead atoms. The first-order chi connectivity index (χ1) is 24.7. The van der Waals surface area contributed by atoms with Crippen molar-refractivity contribution in [2.24, 2.45) is 0 Å². The number of aromatic nitrogens is 3. The van der Waals surface area contributed by atoms with Gasteiger partial charge in [-0.15, -0.1) is 0 Å². The van der Waals surface area contributed by atoms with E-state index in [1.54, 1.807) is 0 Å². The normalized spacial score (nSPS) is 11.6. The van der Waals surface area contributed by atoms with Gasteiger partial charge < -0.3 is 8.83 Å². The fourth-order valence-corrected chi connectivity index (χ4v) is 6.85. The Hall–Kier alpha value is -6.85. The fraction of sp³-hybridized carbons (Fsp3) is 0. The van der Waals surface area contributed by atoms with E-state index in [0.717, 1.165) is 82.8 Å². The van der Waals surface area contributed by atoms with Crippen LogP contribution in [0.4, 0.5) is 0 Å². The van der Waals surface area contributed by atoms with Crippen LogP contribution in [-0.2, 0) is 0 Å². The lowest BCUT2D eigenvalue weighted by Gasteiger charge is -2.09. The average molecular weight is 642 g/mol. The SMILES string of the molecule is c1ccc(-c2ccc(-c3nc(-c4ccc5c(c4)oc4ccccc45)nc(-c4cccc5c4oc4ccc(-c6ccccc6)cc45)n3)cc2)cc1. The number of para-hydroxylation sites is 2. The van der Waals surface area contributed by atoms with Gasteiger partial charge in [0.2, 0.25) is 0 Å². The van der Waals surface area contributed by atoms with Gasteiger partial charge in [-0.3, -0.25) is 0 Å². The third-order valence-electron chi connectivity index (χ3n) is 9.37. The molecule has 0 aliphatic rings. The maximum atomic E-state index is 6.56. The van der Waals surface area contributed by atoms with Crippen molar-refractivity contribution in [3.63, 3.8) is 0 Å². The van der Waals surface area contributed by atoms with E-state index in [1.165, 1.54) is 0 Å². The number of nitrogens with zero attached hydrogens (tertiary/aromatic N) is 3. The summed E-state index contributed by atoms with van der Waals surface area (Å²) < 4.78 is 12.8. The minimum atomic E-state index is 0.537. The minimum absolute atomic E-state index is 0.537. The van der Waals surface area contributed by atoms with Crippen LogP contribution in [0, 0.1) is 0 Å². The van der Waals surface area contributed by atoms with Crippen molar-refractivity contribution in [2.75, 3.05) is 0 Å². The number of furan rings is 2. The van der Waals surface area contributed by atoms with Crippen molar-refractivity contribution in [1.29, 1.82) is 0 Å². The molecule has 0 aliphatic carbocycles. The van der Waals surface area contributed by atoms with E-state index in [1.807, 2.05) is 66.7 Å². The van der Waals surface area contributed by atoms with E-state index in [2.05, 4.69) is 97.1 Å². The molecule has 7 aromatic carbocycles. The molecule has 0 atom stereocenters. The van der Waals surface area contributed by atoms with Crippen molar-refractivity contribution in [1.82, 2.24) is 15.0 Å². The molecule has 5 nitrogen and oxygen atoms in total. The maximum absolute atomic E-state index is 6.56. The zero-order valence-corrected chi connectivity index (χ0v) is 26.7. The summed E-state index contributed by atoms with van der Waals surface area (Å²) in [5, 5.41) is 4.19. The Balaban J connectivity index is 1.15. The number of hydrogen-bond donors (Lipinski definition) is 0. The lowest BCUT2D eigenvalue weighted by molar-refractivity contribution is 0.668. The first-order valence-electron chi connectivity index (χ1n) is 16.6. The Morgan fingerprint density at radius 2 is 0.860 bits per heavy atom. The van der Waals surface area contributed by atoms with Gasteiger partial charge in [-0.2, -0.15) is 0 Å². The van der Waals surface area contributed by atoms with Gasteiger partial charge >= 0.3 is 0 Å². The Labute approximate surface area is 287 Å². The van der Waals surface area contributed by atoms with E-state index >= 15 is 0 Å². The highest BCUT2D eigenvalue weighted by atomic mass is 16.3. The predicted molar refractivity (Wildman–Crippen MR) is 202 cm³/mol. The van der Waals surface area contributed by atoms with Crippen molar-refractivity contribution >= 4 is 43.9 Å². The summed E-state index contributed by atoms with van der Waals surface area (Å²) in [6.07, 6.45) is 0. The fourth-order valence-electron chi connectivity index (χ4n) is 6.85. The van der Waals surface area contributed by atoms with Crippen LogP contribution >= 0.6 is 0 Å². The van der Waals surface area contributed by atoms with Crippen molar-refractivity contribution in [3.8, 4) is 56.4 Å². The van der Waals surface area contributed by atoms with E-state index in [-0.39, 0.29) is 0 Å². The zero-order valence-electron chi connectivity index (χ0n) is 26.7. The van der Waals surface area contributed by atoms with Gasteiger partial charge in [0.05, 0.1) is 5.56 Å². The van der Waals surface area contributed by atoms with E-state index in [4.69, 9.17) is 23.8 Å². The van der Waals surface area contributed by atoms with Gasteiger partial charge in [0.1, 0.15) is 22.3 Å². The van der Waals surface area contributed by atoms with Crippen LogP contribution in [0.3, 0.4) is 0 Å². The lowest BCUT2D eigenvalue weighted by atomic mass is 10.0. The Bertz CT molecular complexity index is 2850. The van der Waals surface area contributed by atoms with E-state index < -0.39 is 0 Å². The molecule has 0 saturated carbocycles. The number of rotatable bonds is 5. The Kier molecular flexibility index (Phi) is 6.42. The van der Waals surface area contributed by atoms with Gasteiger partial charge in [-0.1, -0.05) is 127 Å². The highest BCUT2D eigenvalue weighted by Crippen LogP contribution is 2.38. The predicted octanol–water partition coefficient (Wildman–Crippen LogP) is 12.0. The number of fused-ring (bicyclic) bond motifs is 6. The third-order valence-corrected chi connectivity index (χ3v) is 9.37. The summed E-state index contributed by atoms with van der Waals surface area (Å²) in [4.78, 5) is 15.2. The summed E-state index contributed by atoms with van der Waals surface area (Å²) in [5.74, 6) is 1.67. The highest BCUT2D eigenvalue weighted by Gasteiger charge is 2.19. The molecule has 10 aromatic rings. The summed E-state index contributed by atoms with van der Waals surface area (Å²) in [6.45, 7) is 0. The van der Waals surface area contributed by atoms with Crippen LogP contribution in [0.25, 0.3) is 100 Å². The first-order valence-corrected chi connectivity index (χ1v) is 16.6. The molecule has 10 rings (SSSR count).